The van der Waals surface area contributed by atoms with Crippen LogP contribution in [0.5, 0.6) is 5.75 Å². The van der Waals surface area contributed by atoms with Crippen molar-refractivity contribution in [1.82, 2.24) is 4.90 Å². The zero-order chi connectivity index (χ0) is 13.0. The van der Waals surface area contributed by atoms with E-state index in [9.17, 15) is 0 Å². The van der Waals surface area contributed by atoms with Crippen molar-refractivity contribution in [1.29, 1.82) is 0 Å². The summed E-state index contributed by atoms with van der Waals surface area (Å²) in [4.78, 5) is 2.43. The molecule has 0 radical (unpaired) electrons. The van der Waals surface area contributed by atoms with Gasteiger partial charge >= 0.3 is 0 Å². The quantitative estimate of drug-likeness (QED) is 0.886. The van der Waals surface area contributed by atoms with E-state index in [0.717, 1.165) is 11.7 Å². The van der Waals surface area contributed by atoms with E-state index >= 15 is 0 Å². The van der Waals surface area contributed by atoms with E-state index < -0.39 is 0 Å². The van der Waals surface area contributed by atoms with Crippen LogP contribution in [0.2, 0.25) is 0 Å². The van der Waals surface area contributed by atoms with E-state index in [2.05, 4.69) is 36.3 Å². The maximum absolute atomic E-state index is 5.17. The van der Waals surface area contributed by atoms with Crippen LogP contribution in [0, 0.1) is 5.92 Å². The molecule has 0 aromatic heterocycles. The molecule has 18 heavy (non-hydrogen) atoms. The fourth-order valence-electron chi connectivity index (χ4n) is 2.68. The van der Waals surface area contributed by atoms with Crippen LogP contribution in [0.4, 0.5) is 5.69 Å². The van der Waals surface area contributed by atoms with Gasteiger partial charge in [0.2, 0.25) is 0 Å². The Morgan fingerprint density at radius 2 is 2.06 bits per heavy atom. The Labute approximate surface area is 110 Å². The minimum absolute atomic E-state index is 0.515. The molecule has 2 rings (SSSR count). The third-order valence-electron chi connectivity index (χ3n) is 3.85. The lowest BCUT2D eigenvalue weighted by Crippen LogP contribution is -2.39. The average molecular weight is 248 g/mol. The van der Waals surface area contributed by atoms with E-state index in [4.69, 9.17) is 4.74 Å². The first-order valence-electron chi connectivity index (χ1n) is 6.78. The normalized spacial score (nSPS) is 22.5. The number of anilines is 1. The summed E-state index contributed by atoms with van der Waals surface area (Å²) < 4.78 is 5.17. The fourth-order valence-corrected chi connectivity index (χ4v) is 2.68. The molecule has 2 unspecified atom stereocenters. The molecule has 0 amide bonds. The molecule has 1 fully saturated rings. The minimum atomic E-state index is 0.515. The van der Waals surface area contributed by atoms with E-state index in [1.54, 1.807) is 7.11 Å². The number of hydrogen-bond acceptors (Lipinski definition) is 3. The molecule has 0 saturated carbocycles. The van der Waals surface area contributed by atoms with Crippen molar-refractivity contribution >= 4 is 5.69 Å². The van der Waals surface area contributed by atoms with Crippen molar-refractivity contribution in [2.24, 2.45) is 5.92 Å². The molecule has 0 spiro atoms. The predicted octanol–water partition coefficient (Wildman–Crippen LogP) is 2.84. The molecular weight excluding hydrogens is 224 g/mol. The molecule has 100 valence electrons. The molecule has 2 atom stereocenters. The van der Waals surface area contributed by atoms with Crippen LogP contribution in [-0.2, 0) is 0 Å². The highest BCUT2D eigenvalue weighted by Crippen LogP contribution is 2.22. The van der Waals surface area contributed by atoms with Crippen LogP contribution in [-0.4, -0.2) is 38.2 Å². The van der Waals surface area contributed by atoms with E-state index in [-0.39, 0.29) is 0 Å². The van der Waals surface area contributed by atoms with Gasteiger partial charge < -0.3 is 15.0 Å². The summed E-state index contributed by atoms with van der Waals surface area (Å²) in [7, 11) is 3.91. The predicted molar refractivity (Wildman–Crippen MR) is 76.3 cm³/mol. The van der Waals surface area contributed by atoms with Gasteiger partial charge in [-0.05, 0) is 63.5 Å². The Bertz CT molecular complexity index is 363. The number of benzene rings is 1. The summed E-state index contributed by atoms with van der Waals surface area (Å²) in [6.07, 6.45) is 2.64. The second kappa shape index (κ2) is 6.10. The molecule has 3 nitrogen and oxygen atoms in total. The van der Waals surface area contributed by atoms with Gasteiger partial charge in [-0.2, -0.15) is 0 Å². The van der Waals surface area contributed by atoms with Crippen LogP contribution in [0.3, 0.4) is 0 Å². The summed E-state index contributed by atoms with van der Waals surface area (Å²) in [6, 6.07) is 8.69. The van der Waals surface area contributed by atoms with Gasteiger partial charge in [0.15, 0.2) is 0 Å². The summed E-state index contributed by atoms with van der Waals surface area (Å²) >= 11 is 0. The molecule has 1 N–H and O–H groups in total. The number of nitrogens with one attached hydrogen (secondary N) is 1. The number of hydrogen-bond donors (Lipinski definition) is 1. The standard InChI is InChI=1S/C15H24N2O/c1-12(13-5-4-10-17(2)11-13)16-14-6-8-15(18-3)9-7-14/h6-9,12-13,16H,4-5,10-11H2,1-3H3. The molecule has 1 aromatic carbocycles. The lowest BCUT2D eigenvalue weighted by atomic mass is 9.92. The van der Waals surface area contributed by atoms with Gasteiger partial charge in [0.1, 0.15) is 5.75 Å². The van der Waals surface area contributed by atoms with Gasteiger partial charge in [-0.15, -0.1) is 0 Å². The van der Waals surface area contributed by atoms with Crippen molar-refractivity contribution in [2.45, 2.75) is 25.8 Å². The first-order chi connectivity index (χ1) is 8.69. The van der Waals surface area contributed by atoms with E-state index in [0.29, 0.717) is 6.04 Å². The SMILES string of the molecule is COc1ccc(NC(C)C2CCCN(C)C2)cc1. The molecule has 1 aliphatic heterocycles. The highest BCUT2D eigenvalue weighted by atomic mass is 16.5. The summed E-state index contributed by atoms with van der Waals surface area (Å²) in [6.45, 7) is 4.73. The largest absolute Gasteiger partial charge is 0.497 e. The van der Waals surface area contributed by atoms with Crippen LogP contribution in [0.25, 0.3) is 0 Å². The number of rotatable bonds is 4. The molecule has 0 aliphatic carbocycles. The topological polar surface area (TPSA) is 24.5 Å². The Morgan fingerprint density at radius 1 is 1.33 bits per heavy atom. The highest BCUT2D eigenvalue weighted by Gasteiger charge is 2.22. The van der Waals surface area contributed by atoms with Gasteiger partial charge in [-0.3, -0.25) is 0 Å². The lowest BCUT2D eigenvalue weighted by Gasteiger charge is -2.34. The first-order valence-corrected chi connectivity index (χ1v) is 6.78. The molecule has 1 aliphatic rings. The van der Waals surface area contributed by atoms with Gasteiger partial charge in [0.05, 0.1) is 7.11 Å². The van der Waals surface area contributed by atoms with Crippen molar-refractivity contribution < 1.29 is 4.74 Å². The number of nitrogens with zero attached hydrogens (tertiary/aromatic N) is 1. The average Bonchev–Trinajstić information content (AvgIpc) is 2.39. The van der Waals surface area contributed by atoms with Crippen molar-refractivity contribution in [3.05, 3.63) is 24.3 Å². The fraction of sp³-hybridized carbons (Fsp3) is 0.600. The Balaban J connectivity index is 1.91. The van der Waals surface area contributed by atoms with Gasteiger partial charge in [-0.1, -0.05) is 0 Å². The monoisotopic (exact) mass is 248 g/mol. The lowest BCUT2D eigenvalue weighted by molar-refractivity contribution is 0.197. The highest BCUT2D eigenvalue weighted by molar-refractivity contribution is 5.47. The molecule has 1 saturated heterocycles. The molecule has 1 heterocycles. The maximum atomic E-state index is 5.17. The van der Waals surface area contributed by atoms with Crippen molar-refractivity contribution in [2.75, 3.05) is 32.6 Å². The zero-order valence-electron chi connectivity index (χ0n) is 11.6. The maximum Gasteiger partial charge on any atom is 0.119 e. The molecular formula is C15H24N2O. The summed E-state index contributed by atoms with van der Waals surface area (Å²) in [5, 5.41) is 3.60. The first kappa shape index (κ1) is 13.2. The van der Waals surface area contributed by atoms with Gasteiger partial charge in [-0.25, -0.2) is 0 Å². The summed E-state index contributed by atoms with van der Waals surface area (Å²) in [5.41, 5.74) is 1.18. The Kier molecular flexibility index (Phi) is 4.48. The van der Waals surface area contributed by atoms with Gasteiger partial charge in [0.25, 0.3) is 0 Å². The van der Waals surface area contributed by atoms with Crippen LogP contribution < -0.4 is 10.1 Å². The third-order valence-corrected chi connectivity index (χ3v) is 3.85. The number of likely N-dealkylation sites (tertiary alicyclic amines) is 1. The van der Waals surface area contributed by atoms with E-state index in [1.165, 1.54) is 31.6 Å². The molecule has 0 bridgehead atoms. The zero-order valence-corrected chi connectivity index (χ0v) is 11.6. The van der Waals surface area contributed by atoms with Crippen LogP contribution in [0.15, 0.2) is 24.3 Å². The van der Waals surface area contributed by atoms with Crippen LogP contribution >= 0.6 is 0 Å². The third kappa shape index (κ3) is 3.39. The van der Waals surface area contributed by atoms with Gasteiger partial charge in [0, 0.05) is 18.3 Å². The Morgan fingerprint density at radius 3 is 2.67 bits per heavy atom. The van der Waals surface area contributed by atoms with Crippen molar-refractivity contribution in [3.8, 4) is 5.75 Å². The van der Waals surface area contributed by atoms with E-state index in [1.807, 2.05) is 12.1 Å². The second-order valence-corrected chi connectivity index (χ2v) is 5.33. The molecule has 1 aromatic rings. The summed E-state index contributed by atoms with van der Waals surface area (Å²) in [5.74, 6) is 1.65. The Hall–Kier alpha value is -1.22. The van der Waals surface area contributed by atoms with Crippen LogP contribution in [0.1, 0.15) is 19.8 Å². The molecule has 3 heteroatoms. The second-order valence-electron chi connectivity index (χ2n) is 5.33. The number of ether oxygens (including phenoxy) is 1. The minimum Gasteiger partial charge on any atom is -0.497 e. The number of piperidine rings is 1. The van der Waals surface area contributed by atoms with Crippen molar-refractivity contribution in [3.63, 3.8) is 0 Å². The number of methoxy groups -OCH3 is 1. The smallest absolute Gasteiger partial charge is 0.119 e.